The van der Waals surface area contributed by atoms with E-state index in [0.717, 1.165) is 11.1 Å². The van der Waals surface area contributed by atoms with Gasteiger partial charge in [0.15, 0.2) is 11.2 Å². The van der Waals surface area contributed by atoms with Crippen molar-refractivity contribution in [3.05, 3.63) is 82.7 Å². The molecule has 154 valence electrons. The summed E-state index contributed by atoms with van der Waals surface area (Å²) in [5.41, 5.74) is 2.07. The fourth-order valence-electron chi connectivity index (χ4n) is 3.21. The predicted molar refractivity (Wildman–Crippen MR) is 111 cm³/mol. The summed E-state index contributed by atoms with van der Waals surface area (Å²) in [4.78, 5) is 21.6. The molecule has 0 bridgehead atoms. The number of hydrogen-bond donors (Lipinski definition) is 0. The highest BCUT2D eigenvalue weighted by Crippen LogP contribution is 2.21. The Morgan fingerprint density at radius 2 is 1.94 bits per heavy atom. The molecule has 0 aliphatic heterocycles. The van der Waals surface area contributed by atoms with Gasteiger partial charge in [0.2, 0.25) is 11.7 Å². The van der Waals surface area contributed by atoms with Crippen LogP contribution in [0.15, 0.2) is 70.2 Å². The summed E-state index contributed by atoms with van der Waals surface area (Å²) in [6.45, 7) is 0.547. The normalized spacial score (nSPS) is 11.1. The van der Waals surface area contributed by atoms with E-state index in [1.54, 1.807) is 17.9 Å². The van der Waals surface area contributed by atoms with Crippen molar-refractivity contribution in [1.82, 2.24) is 34.7 Å². The lowest BCUT2D eigenvalue weighted by atomic mass is 10.2. The molecule has 10 heteroatoms. The SMILES string of the molecule is COc1cccc(-c2noc(Cn3cnc4c(nnn4Cc4ccccc4)c3=O)n2)c1. The first-order chi connectivity index (χ1) is 15.2. The number of fused-ring (bicyclic) bond motifs is 1. The van der Waals surface area contributed by atoms with Crippen LogP contribution in [-0.4, -0.2) is 41.8 Å². The van der Waals surface area contributed by atoms with E-state index >= 15 is 0 Å². The van der Waals surface area contributed by atoms with Gasteiger partial charge in [0.1, 0.15) is 18.6 Å². The van der Waals surface area contributed by atoms with E-state index < -0.39 is 0 Å². The number of benzene rings is 2. The lowest BCUT2D eigenvalue weighted by molar-refractivity contribution is 0.369. The third-order valence-electron chi connectivity index (χ3n) is 4.77. The van der Waals surface area contributed by atoms with Gasteiger partial charge in [-0.2, -0.15) is 4.98 Å². The Bertz CT molecular complexity index is 1410. The molecule has 0 spiro atoms. The Hall–Kier alpha value is -4.34. The monoisotopic (exact) mass is 415 g/mol. The molecule has 0 saturated carbocycles. The first kappa shape index (κ1) is 18.7. The Kier molecular flexibility index (Phi) is 4.71. The van der Waals surface area contributed by atoms with E-state index in [0.29, 0.717) is 23.8 Å². The van der Waals surface area contributed by atoms with E-state index in [1.165, 1.54) is 10.9 Å². The molecule has 0 amide bonds. The van der Waals surface area contributed by atoms with Crippen LogP contribution in [0.2, 0.25) is 0 Å². The molecule has 0 unspecified atom stereocenters. The maximum atomic E-state index is 12.9. The number of ether oxygens (including phenoxy) is 1. The minimum atomic E-state index is -0.328. The van der Waals surface area contributed by atoms with Crippen molar-refractivity contribution >= 4 is 11.2 Å². The average Bonchev–Trinajstić information content (AvgIpc) is 3.44. The summed E-state index contributed by atoms with van der Waals surface area (Å²) >= 11 is 0. The van der Waals surface area contributed by atoms with Crippen LogP contribution in [0.25, 0.3) is 22.6 Å². The number of hydrogen-bond acceptors (Lipinski definition) is 8. The van der Waals surface area contributed by atoms with E-state index in [1.807, 2.05) is 48.5 Å². The van der Waals surface area contributed by atoms with E-state index in [9.17, 15) is 4.79 Å². The largest absolute Gasteiger partial charge is 0.497 e. The average molecular weight is 415 g/mol. The summed E-state index contributed by atoms with van der Waals surface area (Å²) in [5.74, 6) is 1.37. The van der Waals surface area contributed by atoms with Gasteiger partial charge in [0, 0.05) is 5.56 Å². The quantitative estimate of drug-likeness (QED) is 0.414. The minimum Gasteiger partial charge on any atom is -0.497 e. The van der Waals surface area contributed by atoms with E-state index in [4.69, 9.17) is 9.26 Å². The van der Waals surface area contributed by atoms with Crippen LogP contribution < -0.4 is 10.3 Å². The molecule has 0 aliphatic rings. The second-order valence-electron chi connectivity index (χ2n) is 6.83. The van der Waals surface area contributed by atoms with Crippen molar-refractivity contribution < 1.29 is 9.26 Å². The van der Waals surface area contributed by atoms with Crippen molar-refractivity contribution in [3.8, 4) is 17.1 Å². The smallest absolute Gasteiger partial charge is 0.283 e. The van der Waals surface area contributed by atoms with Gasteiger partial charge in [-0.25, -0.2) is 9.67 Å². The number of rotatable bonds is 6. The Morgan fingerprint density at radius 3 is 2.77 bits per heavy atom. The second kappa shape index (κ2) is 7.82. The Balaban J connectivity index is 1.41. The Morgan fingerprint density at radius 1 is 1.06 bits per heavy atom. The fourth-order valence-corrected chi connectivity index (χ4v) is 3.21. The first-order valence-electron chi connectivity index (χ1n) is 9.51. The number of aromatic nitrogens is 7. The zero-order valence-electron chi connectivity index (χ0n) is 16.5. The van der Waals surface area contributed by atoms with Crippen molar-refractivity contribution in [3.63, 3.8) is 0 Å². The van der Waals surface area contributed by atoms with Gasteiger partial charge >= 0.3 is 0 Å². The molecule has 10 nitrogen and oxygen atoms in total. The van der Waals surface area contributed by atoms with Crippen LogP contribution in [0.1, 0.15) is 11.5 Å². The number of nitrogens with zero attached hydrogens (tertiary/aromatic N) is 7. The van der Waals surface area contributed by atoms with Crippen molar-refractivity contribution in [2.45, 2.75) is 13.1 Å². The summed E-state index contributed by atoms with van der Waals surface area (Å²) in [6, 6.07) is 17.1. The zero-order valence-corrected chi connectivity index (χ0v) is 16.5. The van der Waals surface area contributed by atoms with Crippen LogP contribution in [0.3, 0.4) is 0 Å². The minimum absolute atomic E-state index is 0.0737. The third-order valence-corrected chi connectivity index (χ3v) is 4.77. The van der Waals surface area contributed by atoms with E-state index in [2.05, 4.69) is 25.4 Å². The van der Waals surface area contributed by atoms with Crippen LogP contribution in [0.5, 0.6) is 5.75 Å². The highest BCUT2D eigenvalue weighted by atomic mass is 16.5. The molecular formula is C21H17N7O3. The molecule has 0 N–H and O–H groups in total. The van der Waals surface area contributed by atoms with Gasteiger partial charge in [0.05, 0.1) is 13.7 Å². The van der Waals surface area contributed by atoms with Gasteiger partial charge in [0.25, 0.3) is 5.56 Å². The maximum Gasteiger partial charge on any atom is 0.283 e. The lowest BCUT2D eigenvalue weighted by Crippen LogP contribution is -2.21. The summed E-state index contributed by atoms with van der Waals surface area (Å²) in [6.07, 6.45) is 1.44. The van der Waals surface area contributed by atoms with Gasteiger partial charge in [-0.15, -0.1) is 5.10 Å². The van der Waals surface area contributed by atoms with Crippen LogP contribution in [0.4, 0.5) is 0 Å². The molecule has 2 aromatic carbocycles. The first-order valence-corrected chi connectivity index (χ1v) is 9.51. The van der Waals surface area contributed by atoms with Gasteiger partial charge < -0.3 is 9.26 Å². The third kappa shape index (κ3) is 3.66. The second-order valence-corrected chi connectivity index (χ2v) is 6.83. The Labute approximate surface area is 175 Å². The molecule has 3 aromatic heterocycles. The van der Waals surface area contributed by atoms with Gasteiger partial charge in [-0.05, 0) is 17.7 Å². The molecule has 0 aliphatic carbocycles. The molecule has 5 rings (SSSR count). The number of methoxy groups -OCH3 is 1. The molecule has 3 heterocycles. The van der Waals surface area contributed by atoms with Crippen molar-refractivity contribution in [2.75, 3.05) is 7.11 Å². The standard InChI is InChI=1S/C21H17N7O3/c1-30-16-9-5-8-15(10-16)19-23-17(31-25-19)12-27-13-22-20-18(21(27)29)24-26-28(20)11-14-6-3-2-4-7-14/h2-10,13H,11-12H2,1H3. The van der Waals surface area contributed by atoms with Crippen molar-refractivity contribution in [1.29, 1.82) is 0 Å². The molecular weight excluding hydrogens is 398 g/mol. The lowest BCUT2D eigenvalue weighted by Gasteiger charge is -2.03. The summed E-state index contributed by atoms with van der Waals surface area (Å²) in [5, 5.41) is 12.1. The van der Waals surface area contributed by atoms with Crippen LogP contribution >= 0.6 is 0 Å². The summed E-state index contributed by atoms with van der Waals surface area (Å²) < 4.78 is 13.5. The van der Waals surface area contributed by atoms with E-state index in [-0.39, 0.29) is 23.5 Å². The fraction of sp³-hybridized carbons (Fsp3) is 0.143. The molecule has 0 saturated heterocycles. The highest BCUT2D eigenvalue weighted by molar-refractivity contribution is 5.67. The molecule has 5 aromatic rings. The van der Waals surface area contributed by atoms with Crippen LogP contribution in [0, 0.1) is 0 Å². The van der Waals surface area contributed by atoms with Crippen LogP contribution in [-0.2, 0) is 13.1 Å². The van der Waals surface area contributed by atoms with Crippen molar-refractivity contribution in [2.24, 2.45) is 0 Å². The highest BCUT2D eigenvalue weighted by Gasteiger charge is 2.15. The van der Waals surface area contributed by atoms with Gasteiger partial charge in [-0.3, -0.25) is 9.36 Å². The zero-order chi connectivity index (χ0) is 21.2. The molecule has 0 radical (unpaired) electrons. The molecule has 31 heavy (non-hydrogen) atoms. The summed E-state index contributed by atoms with van der Waals surface area (Å²) in [7, 11) is 1.59. The topological polar surface area (TPSA) is 114 Å². The maximum absolute atomic E-state index is 12.9. The van der Waals surface area contributed by atoms with Gasteiger partial charge in [-0.1, -0.05) is 52.8 Å². The predicted octanol–water partition coefficient (Wildman–Crippen LogP) is 2.14. The molecule has 0 fully saturated rings. The molecule has 0 atom stereocenters.